The molecule has 0 N–H and O–H groups in total. The van der Waals surface area contributed by atoms with Crippen LogP contribution in [0.3, 0.4) is 0 Å². The second-order valence-corrected chi connectivity index (χ2v) is 9.59. The van der Waals surface area contributed by atoms with Crippen molar-refractivity contribution in [2.75, 3.05) is 13.2 Å². The summed E-state index contributed by atoms with van der Waals surface area (Å²) in [6, 6.07) is 1.14. The highest BCUT2D eigenvalue weighted by Crippen LogP contribution is 2.46. The Hall–Kier alpha value is 0.137. The number of hydrogen-bond acceptors (Lipinski definition) is 2. The average molecular weight is 275 g/mol. The van der Waals surface area contributed by atoms with Crippen molar-refractivity contribution in [2.24, 2.45) is 5.92 Å². The molecule has 0 saturated heterocycles. The Balaban J connectivity index is 5.19. The molecule has 0 bridgehead atoms. The van der Waals surface area contributed by atoms with E-state index in [1.54, 1.807) is 0 Å². The van der Waals surface area contributed by atoms with E-state index in [0.717, 1.165) is 31.6 Å². The summed E-state index contributed by atoms with van der Waals surface area (Å²) >= 11 is 0. The molecule has 0 rings (SSSR count). The average Bonchev–Trinajstić information content (AvgIpc) is 2.36. The highest BCUT2D eigenvalue weighted by atomic mass is 28.4. The predicted octanol–water partition coefficient (Wildman–Crippen LogP) is 5.13. The van der Waals surface area contributed by atoms with Crippen molar-refractivity contribution in [1.82, 2.24) is 0 Å². The maximum absolute atomic E-state index is 6.28. The maximum Gasteiger partial charge on any atom is 0.344 e. The first-order valence-electron chi connectivity index (χ1n) is 7.70. The first-order valence-corrected chi connectivity index (χ1v) is 9.73. The zero-order chi connectivity index (χ0) is 14.2. The summed E-state index contributed by atoms with van der Waals surface area (Å²) in [5, 5.41) is 0.182. The normalized spacial score (nSPS) is 13.3. The Labute approximate surface area is 116 Å². The molecule has 0 aromatic carbocycles. The van der Waals surface area contributed by atoms with Gasteiger partial charge in [0.25, 0.3) is 0 Å². The van der Waals surface area contributed by atoms with Gasteiger partial charge in [0.1, 0.15) is 0 Å². The van der Waals surface area contributed by atoms with Gasteiger partial charge in [0.2, 0.25) is 0 Å². The van der Waals surface area contributed by atoms with E-state index in [9.17, 15) is 0 Å². The molecule has 0 aliphatic carbocycles. The summed E-state index contributed by atoms with van der Waals surface area (Å²) < 4.78 is 12.6. The second-order valence-electron chi connectivity index (χ2n) is 5.74. The molecule has 2 nitrogen and oxygen atoms in total. The van der Waals surface area contributed by atoms with Crippen LogP contribution in [-0.4, -0.2) is 21.8 Å². The third-order valence-corrected chi connectivity index (χ3v) is 9.42. The van der Waals surface area contributed by atoms with Gasteiger partial charge in [0.15, 0.2) is 0 Å². The van der Waals surface area contributed by atoms with Gasteiger partial charge in [0, 0.05) is 18.3 Å². The molecule has 0 atom stereocenters. The van der Waals surface area contributed by atoms with Crippen molar-refractivity contribution in [1.29, 1.82) is 0 Å². The van der Waals surface area contributed by atoms with Gasteiger partial charge in [-0.2, -0.15) is 0 Å². The fourth-order valence-corrected chi connectivity index (χ4v) is 6.98. The van der Waals surface area contributed by atoms with E-state index in [4.69, 9.17) is 8.85 Å². The molecule has 3 heteroatoms. The zero-order valence-electron chi connectivity index (χ0n) is 13.6. The van der Waals surface area contributed by atoms with Crippen LogP contribution in [0.15, 0.2) is 0 Å². The van der Waals surface area contributed by atoms with Gasteiger partial charge in [-0.1, -0.05) is 47.5 Å². The van der Waals surface area contributed by atoms with Crippen LogP contribution < -0.4 is 0 Å². The maximum atomic E-state index is 6.28. The van der Waals surface area contributed by atoms with Crippen LogP contribution in [0, 0.1) is 5.92 Å². The Morgan fingerprint density at radius 3 is 1.61 bits per heavy atom. The third-order valence-electron chi connectivity index (χ3n) is 4.38. The molecule has 18 heavy (non-hydrogen) atoms. The van der Waals surface area contributed by atoms with Crippen LogP contribution in [0.2, 0.25) is 11.1 Å². The Bertz CT molecular complexity index is 207. The van der Waals surface area contributed by atoms with E-state index in [1.807, 2.05) is 0 Å². The van der Waals surface area contributed by atoms with Crippen molar-refractivity contribution in [3.8, 4) is 0 Å². The van der Waals surface area contributed by atoms with E-state index >= 15 is 0 Å². The third kappa shape index (κ3) is 4.36. The minimum absolute atomic E-state index is 0.182. The van der Waals surface area contributed by atoms with Gasteiger partial charge in [-0.3, -0.25) is 0 Å². The lowest BCUT2D eigenvalue weighted by molar-refractivity contribution is 0.149. The second kappa shape index (κ2) is 8.34. The van der Waals surface area contributed by atoms with Gasteiger partial charge in [-0.25, -0.2) is 0 Å². The highest BCUT2D eigenvalue weighted by molar-refractivity contribution is 6.70. The van der Waals surface area contributed by atoms with Crippen LogP contribution in [0.5, 0.6) is 0 Å². The summed E-state index contributed by atoms with van der Waals surface area (Å²) in [7, 11) is -2.13. The summed E-state index contributed by atoms with van der Waals surface area (Å²) in [5.41, 5.74) is 0. The molecule has 0 aromatic heterocycles. The van der Waals surface area contributed by atoms with Crippen molar-refractivity contribution in [2.45, 2.75) is 78.8 Å². The van der Waals surface area contributed by atoms with Gasteiger partial charge < -0.3 is 8.85 Å². The molecule has 0 radical (unpaired) electrons. The van der Waals surface area contributed by atoms with E-state index < -0.39 is 8.56 Å². The first kappa shape index (κ1) is 18.1. The van der Waals surface area contributed by atoms with Crippen LogP contribution in [0.4, 0.5) is 0 Å². The molecular weight excluding hydrogens is 240 g/mol. The van der Waals surface area contributed by atoms with Crippen LogP contribution in [0.25, 0.3) is 0 Å². The molecule has 0 fully saturated rings. The molecule has 110 valence electrons. The smallest absolute Gasteiger partial charge is 0.344 e. The SMILES string of the molecule is CCO[Si](CC(CC)CC)(OCC)C(C)(C)CC. The number of rotatable bonds is 10. The summed E-state index contributed by atoms with van der Waals surface area (Å²) in [6.45, 7) is 17.2. The lowest BCUT2D eigenvalue weighted by atomic mass is 10.1. The quantitative estimate of drug-likeness (QED) is 0.514. The molecule has 0 amide bonds. The molecule has 0 unspecified atom stereocenters. The van der Waals surface area contributed by atoms with Crippen molar-refractivity contribution < 1.29 is 8.85 Å². The lowest BCUT2D eigenvalue weighted by Gasteiger charge is -2.44. The monoisotopic (exact) mass is 274 g/mol. The molecule has 0 spiro atoms. The fraction of sp³-hybridized carbons (Fsp3) is 1.00. The summed E-state index contributed by atoms with van der Waals surface area (Å²) in [4.78, 5) is 0. The standard InChI is InChI=1S/C15H34O2Si/c1-8-14(9-2)13-18(16-11-4,17-12-5)15(6,7)10-3/h14H,8-13H2,1-7H3. The predicted molar refractivity (Wildman–Crippen MR) is 82.2 cm³/mol. The van der Waals surface area contributed by atoms with Crippen LogP contribution >= 0.6 is 0 Å². The topological polar surface area (TPSA) is 18.5 Å². The highest BCUT2D eigenvalue weighted by Gasteiger charge is 2.51. The van der Waals surface area contributed by atoms with Gasteiger partial charge in [-0.15, -0.1) is 0 Å². The molecule has 0 saturated carbocycles. The zero-order valence-corrected chi connectivity index (χ0v) is 14.6. The molecule has 0 aliphatic heterocycles. The largest absolute Gasteiger partial charge is 0.394 e. The van der Waals surface area contributed by atoms with E-state index in [1.165, 1.54) is 12.8 Å². The number of hydrogen-bond donors (Lipinski definition) is 0. The van der Waals surface area contributed by atoms with Gasteiger partial charge >= 0.3 is 8.56 Å². The van der Waals surface area contributed by atoms with Crippen molar-refractivity contribution in [3.63, 3.8) is 0 Å². The molecule has 0 heterocycles. The van der Waals surface area contributed by atoms with Gasteiger partial charge in [-0.05, 0) is 32.2 Å². The molecular formula is C15H34O2Si. The Morgan fingerprint density at radius 2 is 1.33 bits per heavy atom. The summed E-state index contributed by atoms with van der Waals surface area (Å²) in [5.74, 6) is 0.737. The Morgan fingerprint density at radius 1 is 0.889 bits per heavy atom. The van der Waals surface area contributed by atoms with Crippen LogP contribution in [0.1, 0.15) is 67.7 Å². The van der Waals surface area contributed by atoms with E-state index in [-0.39, 0.29) is 5.04 Å². The van der Waals surface area contributed by atoms with E-state index in [0.29, 0.717) is 0 Å². The summed E-state index contributed by atoms with van der Waals surface area (Å²) in [6.07, 6.45) is 3.58. The molecule has 0 aliphatic rings. The Kier molecular flexibility index (Phi) is 8.40. The first-order chi connectivity index (χ1) is 8.42. The lowest BCUT2D eigenvalue weighted by Crippen LogP contribution is -2.52. The fourth-order valence-electron chi connectivity index (χ4n) is 2.52. The minimum atomic E-state index is -2.13. The van der Waals surface area contributed by atoms with Crippen LogP contribution in [-0.2, 0) is 8.85 Å². The minimum Gasteiger partial charge on any atom is -0.394 e. The van der Waals surface area contributed by atoms with Crippen molar-refractivity contribution >= 4 is 8.56 Å². The van der Waals surface area contributed by atoms with Crippen molar-refractivity contribution in [3.05, 3.63) is 0 Å². The van der Waals surface area contributed by atoms with E-state index in [2.05, 4.69) is 48.5 Å². The van der Waals surface area contributed by atoms with Gasteiger partial charge in [0.05, 0.1) is 0 Å². The molecule has 0 aromatic rings.